The highest BCUT2D eigenvalue weighted by Gasteiger charge is 2.14. The number of hydrogen-bond acceptors (Lipinski definition) is 2. The predicted molar refractivity (Wildman–Crippen MR) is 32.5 cm³/mol. The number of likely N-dealkylation sites (tertiary alicyclic amines) is 1. The van der Waals surface area contributed by atoms with Gasteiger partial charge in [0.2, 0.25) is 0 Å². The fourth-order valence-electron chi connectivity index (χ4n) is 1.12. The molecule has 0 bridgehead atoms. The van der Waals surface area contributed by atoms with Gasteiger partial charge < -0.3 is 5.11 Å². The highest BCUT2D eigenvalue weighted by Crippen LogP contribution is 2.08. The summed E-state index contributed by atoms with van der Waals surface area (Å²) < 4.78 is 0. The molecule has 1 N–H and O–H groups in total. The quantitative estimate of drug-likeness (QED) is 0.535. The van der Waals surface area contributed by atoms with E-state index in [1.165, 1.54) is 12.8 Å². The number of hydrogen-bond donors (Lipinski definition) is 1. The van der Waals surface area contributed by atoms with Crippen molar-refractivity contribution in [2.45, 2.75) is 26.0 Å². The van der Waals surface area contributed by atoms with Gasteiger partial charge >= 0.3 is 0 Å². The lowest BCUT2D eigenvalue weighted by molar-refractivity contribution is 0.0369. The first-order valence-electron chi connectivity index (χ1n) is 3.23. The summed E-state index contributed by atoms with van der Waals surface area (Å²) in [5.74, 6) is 0. The fraction of sp³-hybridized carbons (Fsp3) is 1.00. The maximum absolute atomic E-state index is 8.98. The molecule has 0 aromatic carbocycles. The Hall–Kier alpha value is -0.0800. The Morgan fingerprint density at radius 1 is 1.38 bits per heavy atom. The number of aliphatic hydroxyl groups is 1. The molecule has 1 atom stereocenters. The first-order chi connectivity index (χ1) is 3.80. The van der Waals surface area contributed by atoms with E-state index in [9.17, 15) is 0 Å². The molecule has 1 aliphatic heterocycles. The van der Waals surface area contributed by atoms with Gasteiger partial charge in [0.25, 0.3) is 0 Å². The van der Waals surface area contributed by atoms with Crippen LogP contribution in [0.3, 0.4) is 0 Å². The summed E-state index contributed by atoms with van der Waals surface area (Å²) in [5.41, 5.74) is 0. The normalized spacial score (nSPS) is 26.2. The molecule has 0 amide bonds. The average molecular weight is 115 g/mol. The lowest BCUT2D eigenvalue weighted by Gasteiger charge is -2.16. The van der Waals surface area contributed by atoms with Gasteiger partial charge in [-0.2, -0.15) is 0 Å². The van der Waals surface area contributed by atoms with Crippen molar-refractivity contribution >= 4 is 0 Å². The van der Waals surface area contributed by atoms with Crippen LogP contribution in [0.1, 0.15) is 19.8 Å². The van der Waals surface area contributed by atoms with Crippen molar-refractivity contribution in [3.05, 3.63) is 0 Å². The summed E-state index contributed by atoms with van der Waals surface area (Å²) in [4.78, 5) is 2.08. The van der Waals surface area contributed by atoms with Crippen molar-refractivity contribution < 1.29 is 5.11 Å². The second-order valence-electron chi connectivity index (χ2n) is 2.37. The summed E-state index contributed by atoms with van der Waals surface area (Å²) in [6, 6.07) is 0. The molecule has 1 aliphatic rings. The highest BCUT2D eigenvalue weighted by atomic mass is 16.3. The van der Waals surface area contributed by atoms with E-state index in [1.807, 2.05) is 6.92 Å². The molecule has 1 fully saturated rings. The maximum Gasteiger partial charge on any atom is 0.104 e. The number of nitrogens with zero attached hydrogens (tertiary/aromatic N) is 1. The van der Waals surface area contributed by atoms with Gasteiger partial charge in [0.15, 0.2) is 0 Å². The molecule has 1 heterocycles. The van der Waals surface area contributed by atoms with E-state index >= 15 is 0 Å². The van der Waals surface area contributed by atoms with Gasteiger partial charge in [0, 0.05) is 13.1 Å². The summed E-state index contributed by atoms with van der Waals surface area (Å²) >= 11 is 0. The molecule has 8 heavy (non-hydrogen) atoms. The molecule has 0 aromatic heterocycles. The van der Waals surface area contributed by atoms with Crippen LogP contribution in [-0.2, 0) is 0 Å². The van der Waals surface area contributed by atoms with Crippen molar-refractivity contribution in [3.63, 3.8) is 0 Å². The molecule has 0 radical (unpaired) electrons. The van der Waals surface area contributed by atoms with Crippen molar-refractivity contribution in [1.29, 1.82) is 0 Å². The van der Waals surface area contributed by atoms with E-state index in [0.29, 0.717) is 0 Å². The van der Waals surface area contributed by atoms with Crippen molar-refractivity contribution in [1.82, 2.24) is 4.90 Å². The molecule has 0 unspecified atom stereocenters. The van der Waals surface area contributed by atoms with E-state index in [4.69, 9.17) is 5.11 Å². The molecule has 2 heteroatoms. The molecule has 0 spiro atoms. The van der Waals surface area contributed by atoms with E-state index in [1.54, 1.807) is 0 Å². The summed E-state index contributed by atoms with van der Waals surface area (Å²) in [6.45, 7) is 3.99. The Kier molecular flexibility index (Phi) is 1.86. The molecule has 1 saturated heterocycles. The topological polar surface area (TPSA) is 23.5 Å². The molecule has 1 rings (SSSR count). The second kappa shape index (κ2) is 2.46. The zero-order valence-electron chi connectivity index (χ0n) is 5.30. The van der Waals surface area contributed by atoms with Crippen LogP contribution in [0.4, 0.5) is 0 Å². The van der Waals surface area contributed by atoms with Gasteiger partial charge in [-0.05, 0) is 19.8 Å². The van der Waals surface area contributed by atoms with Gasteiger partial charge in [-0.3, -0.25) is 4.90 Å². The zero-order valence-corrected chi connectivity index (χ0v) is 5.30. The van der Waals surface area contributed by atoms with E-state index in [-0.39, 0.29) is 6.23 Å². The third-order valence-electron chi connectivity index (χ3n) is 1.67. The first kappa shape index (κ1) is 6.05. The molecule has 0 aliphatic carbocycles. The Bertz CT molecular complexity index is 66.9. The van der Waals surface area contributed by atoms with E-state index in [2.05, 4.69) is 4.90 Å². The van der Waals surface area contributed by atoms with Gasteiger partial charge in [-0.25, -0.2) is 0 Å². The minimum Gasteiger partial charge on any atom is -0.379 e. The largest absolute Gasteiger partial charge is 0.379 e. The SMILES string of the molecule is C[C@H](O)N1CCCC1. The lowest BCUT2D eigenvalue weighted by Crippen LogP contribution is -2.29. The minimum absolute atomic E-state index is 0.225. The number of aliphatic hydroxyl groups excluding tert-OH is 1. The van der Waals surface area contributed by atoms with Crippen LogP contribution in [-0.4, -0.2) is 29.3 Å². The minimum atomic E-state index is -0.225. The fourth-order valence-corrected chi connectivity index (χ4v) is 1.12. The maximum atomic E-state index is 8.98. The van der Waals surface area contributed by atoms with Crippen LogP contribution in [0, 0.1) is 0 Å². The van der Waals surface area contributed by atoms with E-state index in [0.717, 1.165) is 13.1 Å². The van der Waals surface area contributed by atoms with Crippen molar-refractivity contribution in [2.24, 2.45) is 0 Å². The molecular formula is C6H13NO. The molecule has 48 valence electrons. The Morgan fingerprint density at radius 2 is 1.88 bits per heavy atom. The van der Waals surface area contributed by atoms with Crippen LogP contribution in [0.15, 0.2) is 0 Å². The Morgan fingerprint density at radius 3 is 2.12 bits per heavy atom. The van der Waals surface area contributed by atoms with Crippen LogP contribution in [0.2, 0.25) is 0 Å². The lowest BCUT2D eigenvalue weighted by atomic mass is 10.4. The van der Waals surface area contributed by atoms with Gasteiger partial charge in [-0.15, -0.1) is 0 Å². The standard InChI is InChI=1S/C6H13NO/c1-6(8)7-4-2-3-5-7/h6,8H,2-5H2,1H3/t6-/m0/s1. The van der Waals surface area contributed by atoms with Crippen molar-refractivity contribution in [2.75, 3.05) is 13.1 Å². The van der Waals surface area contributed by atoms with Crippen LogP contribution in [0.25, 0.3) is 0 Å². The van der Waals surface area contributed by atoms with Crippen LogP contribution in [0.5, 0.6) is 0 Å². The first-order valence-corrected chi connectivity index (χ1v) is 3.23. The molecule has 2 nitrogen and oxygen atoms in total. The van der Waals surface area contributed by atoms with Crippen LogP contribution >= 0.6 is 0 Å². The molecule has 0 saturated carbocycles. The molecular weight excluding hydrogens is 102 g/mol. The summed E-state index contributed by atoms with van der Waals surface area (Å²) in [6.07, 6.45) is 2.29. The third kappa shape index (κ3) is 1.20. The van der Waals surface area contributed by atoms with E-state index < -0.39 is 0 Å². The summed E-state index contributed by atoms with van der Waals surface area (Å²) in [5, 5.41) is 8.98. The van der Waals surface area contributed by atoms with Gasteiger partial charge in [0.05, 0.1) is 0 Å². The van der Waals surface area contributed by atoms with Crippen molar-refractivity contribution in [3.8, 4) is 0 Å². The zero-order chi connectivity index (χ0) is 5.98. The smallest absolute Gasteiger partial charge is 0.104 e. The number of rotatable bonds is 1. The third-order valence-corrected chi connectivity index (χ3v) is 1.67. The monoisotopic (exact) mass is 115 g/mol. The van der Waals surface area contributed by atoms with Crippen LogP contribution < -0.4 is 0 Å². The second-order valence-corrected chi connectivity index (χ2v) is 2.37. The predicted octanol–water partition coefficient (Wildman–Crippen LogP) is 0.420. The molecule has 0 aromatic rings. The Balaban J connectivity index is 2.24. The van der Waals surface area contributed by atoms with Gasteiger partial charge in [0.1, 0.15) is 6.23 Å². The highest BCUT2D eigenvalue weighted by molar-refractivity contribution is 4.65. The summed E-state index contributed by atoms with van der Waals surface area (Å²) in [7, 11) is 0. The average Bonchev–Trinajstić information content (AvgIpc) is 2.12. The Labute approximate surface area is 50.1 Å². The van der Waals surface area contributed by atoms with Gasteiger partial charge in [-0.1, -0.05) is 0 Å².